The van der Waals surface area contributed by atoms with Gasteiger partial charge in [-0.3, -0.25) is 4.79 Å². The van der Waals surface area contributed by atoms with Gasteiger partial charge in [-0.25, -0.2) is 4.79 Å². The van der Waals surface area contributed by atoms with Gasteiger partial charge in [0.1, 0.15) is 12.4 Å². The molecule has 0 unspecified atom stereocenters. The molecule has 1 aliphatic carbocycles. The average molecular weight is 454 g/mol. The number of Topliss-reactive ketones (excluding diaryl/α,β-unsaturated/α-hetero) is 1. The number of hydrogen-bond donors (Lipinski definition) is 1. The third kappa shape index (κ3) is 4.23. The minimum absolute atomic E-state index is 0.0110. The topological polar surface area (TPSA) is 73.9 Å². The predicted molar refractivity (Wildman–Crippen MR) is 123 cm³/mol. The quantitative estimate of drug-likeness (QED) is 0.498. The van der Waals surface area contributed by atoms with E-state index in [1.807, 2.05) is 48.7 Å². The smallest absolute Gasteiger partial charge is 0.336 e. The van der Waals surface area contributed by atoms with Crippen molar-refractivity contribution < 1.29 is 23.8 Å². The number of allylic oxidation sites excluding steroid dienone is 3. The van der Waals surface area contributed by atoms with Crippen LogP contribution >= 0.6 is 11.3 Å². The molecule has 2 atom stereocenters. The van der Waals surface area contributed by atoms with Crippen molar-refractivity contribution in [1.29, 1.82) is 0 Å². The Labute approximate surface area is 191 Å². The van der Waals surface area contributed by atoms with Crippen LogP contribution in [0.4, 0.5) is 0 Å². The Morgan fingerprint density at radius 2 is 1.94 bits per heavy atom. The number of benzene rings is 1. The lowest BCUT2D eigenvalue weighted by molar-refractivity contribution is -0.140. The molecule has 1 aromatic carbocycles. The molecule has 32 heavy (non-hydrogen) atoms. The summed E-state index contributed by atoms with van der Waals surface area (Å²) < 4.78 is 16.0. The number of esters is 1. The molecule has 0 bridgehead atoms. The van der Waals surface area contributed by atoms with E-state index in [1.165, 1.54) is 0 Å². The van der Waals surface area contributed by atoms with Crippen LogP contribution in [0.1, 0.15) is 42.0 Å². The molecule has 4 rings (SSSR count). The van der Waals surface area contributed by atoms with E-state index in [-0.39, 0.29) is 18.3 Å². The predicted octanol–water partition coefficient (Wildman–Crippen LogP) is 4.31. The number of dihydropyridines is 1. The summed E-state index contributed by atoms with van der Waals surface area (Å²) in [5.74, 6) is -0.00153. The Morgan fingerprint density at radius 3 is 2.66 bits per heavy atom. The van der Waals surface area contributed by atoms with Gasteiger partial charge in [-0.1, -0.05) is 24.3 Å². The van der Waals surface area contributed by atoms with Gasteiger partial charge in [0.2, 0.25) is 0 Å². The molecule has 0 saturated carbocycles. The number of para-hydroxylation sites is 1. The lowest BCUT2D eigenvalue weighted by Gasteiger charge is -2.36. The standard InChI is InChI=1S/C25H27NO5S/c1-15-22(25(28)31-11-10-29-2)24(21-9-6-12-32-21)23-18(26-15)13-16(14-19(23)27)17-7-4-5-8-20(17)30-3/h4-9,12,16,24,26H,10-11,13-14H2,1-3H3/t16-,24-/m1/s1. The van der Waals surface area contributed by atoms with Crippen molar-refractivity contribution in [3.05, 3.63) is 74.8 Å². The summed E-state index contributed by atoms with van der Waals surface area (Å²) >= 11 is 1.54. The van der Waals surface area contributed by atoms with Crippen molar-refractivity contribution in [3.63, 3.8) is 0 Å². The Kier molecular flexibility index (Phi) is 6.77. The molecule has 1 aromatic heterocycles. The molecule has 7 heteroatoms. The van der Waals surface area contributed by atoms with Crippen LogP contribution in [0.2, 0.25) is 0 Å². The van der Waals surface area contributed by atoms with E-state index in [0.29, 0.717) is 30.6 Å². The first-order valence-corrected chi connectivity index (χ1v) is 11.5. The van der Waals surface area contributed by atoms with Crippen LogP contribution < -0.4 is 10.1 Å². The summed E-state index contributed by atoms with van der Waals surface area (Å²) in [4.78, 5) is 27.5. The highest BCUT2D eigenvalue weighted by atomic mass is 32.1. The Balaban J connectivity index is 1.71. The molecule has 2 heterocycles. The number of carbonyl (C=O) groups is 2. The fraction of sp³-hybridized carbons (Fsp3) is 0.360. The molecule has 0 fully saturated rings. The van der Waals surface area contributed by atoms with Crippen LogP contribution in [0.5, 0.6) is 5.75 Å². The molecule has 0 saturated heterocycles. The number of nitrogens with one attached hydrogen (secondary N) is 1. The van der Waals surface area contributed by atoms with Gasteiger partial charge < -0.3 is 19.5 Å². The zero-order chi connectivity index (χ0) is 22.7. The van der Waals surface area contributed by atoms with Gasteiger partial charge in [0.25, 0.3) is 0 Å². The SMILES string of the molecule is COCCOC(=O)C1=C(C)NC2=C(C(=O)C[C@H](c3ccccc3OC)C2)[C@@H]1c1cccs1. The third-order valence-electron chi connectivity index (χ3n) is 5.97. The van der Waals surface area contributed by atoms with Crippen molar-refractivity contribution in [2.45, 2.75) is 31.6 Å². The second-order valence-electron chi connectivity index (χ2n) is 7.90. The van der Waals surface area contributed by atoms with Gasteiger partial charge in [-0.05, 0) is 36.4 Å². The van der Waals surface area contributed by atoms with Crippen molar-refractivity contribution in [1.82, 2.24) is 5.32 Å². The maximum atomic E-state index is 13.5. The van der Waals surface area contributed by atoms with E-state index >= 15 is 0 Å². The van der Waals surface area contributed by atoms with E-state index in [4.69, 9.17) is 14.2 Å². The van der Waals surface area contributed by atoms with Crippen molar-refractivity contribution in [2.75, 3.05) is 27.4 Å². The molecular weight excluding hydrogens is 426 g/mol. The number of ketones is 1. The van der Waals surface area contributed by atoms with Crippen LogP contribution in [0.3, 0.4) is 0 Å². The normalized spacial score (nSPS) is 20.7. The second-order valence-corrected chi connectivity index (χ2v) is 8.88. The maximum absolute atomic E-state index is 13.5. The fourth-order valence-corrected chi connectivity index (χ4v) is 5.41. The highest BCUT2D eigenvalue weighted by molar-refractivity contribution is 7.10. The lowest BCUT2D eigenvalue weighted by atomic mass is 9.73. The average Bonchev–Trinajstić information content (AvgIpc) is 3.32. The van der Waals surface area contributed by atoms with Crippen molar-refractivity contribution >= 4 is 23.1 Å². The second kappa shape index (κ2) is 9.71. The largest absolute Gasteiger partial charge is 0.496 e. The summed E-state index contributed by atoms with van der Waals surface area (Å²) in [6, 6.07) is 11.7. The monoisotopic (exact) mass is 453 g/mol. The Morgan fingerprint density at radius 1 is 1.12 bits per heavy atom. The van der Waals surface area contributed by atoms with Crippen LogP contribution in [-0.4, -0.2) is 39.2 Å². The van der Waals surface area contributed by atoms with Gasteiger partial charge in [-0.2, -0.15) is 0 Å². The summed E-state index contributed by atoms with van der Waals surface area (Å²) in [5, 5.41) is 5.33. The van der Waals surface area contributed by atoms with Crippen LogP contribution in [0.25, 0.3) is 0 Å². The summed E-state index contributed by atoms with van der Waals surface area (Å²) in [6.45, 7) is 2.36. The van der Waals surface area contributed by atoms with Crippen molar-refractivity contribution in [3.8, 4) is 5.75 Å². The molecule has 168 valence electrons. The zero-order valence-electron chi connectivity index (χ0n) is 18.5. The molecule has 2 aromatic rings. The third-order valence-corrected chi connectivity index (χ3v) is 6.91. The minimum atomic E-state index is -0.424. The highest BCUT2D eigenvalue weighted by Crippen LogP contribution is 2.47. The molecule has 1 N–H and O–H groups in total. The van der Waals surface area contributed by atoms with E-state index in [9.17, 15) is 9.59 Å². The molecule has 0 radical (unpaired) electrons. The minimum Gasteiger partial charge on any atom is -0.496 e. The molecular formula is C25H27NO5S. The van der Waals surface area contributed by atoms with Crippen molar-refractivity contribution in [2.24, 2.45) is 0 Å². The number of rotatable bonds is 7. The molecule has 0 spiro atoms. The molecule has 2 aliphatic rings. The van der Waals surface area contributed by atoms with Crippen LogP contribution in [0.15, 0.2) is 64.3 Å². The van der Waals surface area contributed by atoms with E-state index in [1.54, 1.807) is 25.6 Å². The van der Waals surface area contributed by atoms with Gasteiger partial charge in [-0.15, -0.1) is 11.3 Å². The first-order valence-electron chi connectivity index (χ1n) is 10.6. The van der Waals surface area contributed by atoms with Crippen LogP contribution in [-0.2, 0) is 19.1 Å². The summed E-state index contributed by atoms with van der Waals surface area (Å²) in [5.41, 5.74) is 3.78. The maximum Gasteiger partial charge on any atom is 0.336 e. The molecule has 6 nitrogen and oxygen atoms in total. The van der Waals surface area contributed by atoms with Gasteiger partial charge in [0.05, 0.1) is 25.2 Å². The van der Waals surface area contributed by atoms with Gasteiger partial charge in [0, 0.05) is 41.3 Å². The van der Waals surface area contributed by atoms with E-state index < -0.39 is 11.9 Å². The number of ether oxygens (including phenoxy) is 3. The van der Waals surface area contributed by atoms with Gasteiger partial charge >= 0.3 is 5.97 Å². The van der Waals surface area contributed by atoms with E-state index in [2.05, 4.69) is 5.32 Å². The number of methoxy groups -OCH3 is 2. The van der Waals surface area contributed by atoms with E-state index in [0.717, 1.165) is 27.6 Å². The lowest BCUT2D eigenvalue weighted by Crippen LogP contribution is -2.36. The Hall–Kier alpha value is -2.90. The summed E-state index contributed by atoms with van der Waals surface area (Å²) in [7, 11) is 3.21. The zero-order valence-corrected chi connectivity index (χ0v) is 19.3. The summed E-state index contributed by atoms with van der Waals surface area (Å²) in [6.07, 6.45) is 1.04. The molecule has 1 aliphatic heterocycles. The first kappa shape index (κ1) is 22.3. The van der Waals surface area contributed by atoms with Crippen LogP contribution in [0, 0.1) is 0 Å². The highest BCUT2D eigenvalue weighted by Gasteiger charge is 2.42. The number of carbonyl (C=O) groups excluding carboxylic acids is 2. The molecule has 0 amide bonds. The number of hydrogen-bond acceptors (Lipinski definition) is 7. The van der Waals surface area contributed by atoms with Gasteiger partial charge in [0.15, 0.2) is 5.78 Å². The first-order chi connectivity index (χ1) is 15.5. The Bertz CT molecular complexity index is 1070. The fourth-order valence-electron chi connectivity index (χ4n) is 4.57. The number of thiophene rings is 1.